The highest BCUT2D eigenvalue weighted by Gasteiger charge is 2.22. The number of carbonyl (C=O) groups excluding carboxylic acids is 1. The first-order valence-electron chi connectivity index (χ1n) is 6.57. The molecule has 0 aliphatic carbocycles. The number of hydrogen-bond donors (Lipinski definition) is 0. The first-order chi connectivity index (χ1) is 10.3. The minimum Gasteiger partial charge on any atom is -0.348 e. The third kappa shape index (κ3) is 4.14. The Bertz CT molecular complexity index is 781. The van der Waals surface area contributed by atoms with Gasteiger partial charge in [0.25, 0.3) is 0 Å². The van der Waals surface area contributed by atoms with E-state index in [9.17, 15) is 13.2 Å². The van der Waals surface area contributed by atoms with E-state index in [1.54, 1.807) is 0 Å². The lowest BCUT2D eigenvalue weighted by molar-refractivity contribution is -0.125. The molecule has 0 aliphatic heterocycles. The van der Waals surface area contributed by atoms with Gasteiger partial charge < -0.3 is 9.42 Å². The minimum atomic E-state index is -3.64. The van der Waals surface area contributed by atoms with Gasteiger partial charge in [0.05, 0.1) is 0 Å². The maximum Gasteiger partial charge on any atom is 0.242 e. The van der Waals surface area contributed by atoms with E-state index < -0.39 is 27.3 Å². The average Bonchev–Trinajstić information content (AvgIpc) is 2.85. The molecule has 118 valence electrons. The highest BCUT2D eigenvalue weighted by atomic mass is 32.2. The summed E-state index contributed by atoms with van der Waals surface area (Å²) in [7, 11) is -0.643. The van der Waals surface area contributed by atoms with Gasteiger partial charge in [0.1, 0.15) is 11.5 Å². The fraction of sp³-hybridized carbons (Fsp3) is 0.357. The fourth-order valence-electron chi connectivity index (χ4n) is 1.77. The number of sulfone groups is 1. The van der Waals surface area contributed by atoms with Crippen molar-refractivity contribution in [3.63, 3.8) is 0 Å². The predicted octanol–water partition coefficient (Wildman–Crippen LogP) is 1.05. The van der Waals surface area contributed by atoms with Crippen LogP contribution in [0.2, 0.25) is 0 Å². The van der Waals surface area contributed by atoms with Crippen molar-refractivity contribution in [2.24, 2.45) is 0 Å². The fourth-order valence-corrected chi connectivity index (χ4v) is 3.00. The summed E-state index contributed by atoms with van der Waals surface area (Å²) in [6.45, 7) is 1.93. The van der Waals surface area contributed by atoms with E-state index in [1.165, 1.54) is 19.0 Å². The molecule has 0 saturated heterocycles. The van der Waals surface area contributed by atoms with Crippen LogP contribution in [-0.2, 0) is 20.4 Å². The average molecular weight is 323 g/mol. The Morgan fingerprint density at radius 1 is 1.32 bits per heavy atom. The van der Waals surface area contributed by atoms with Gasteiger partial charge in [-0.1, -0.05) is 28.9 Å². The third-order valence-corrected chi connectivity index (χ3v) is 4.30. The molecule has 1 aromatic heterocycles. The summed E-state index contributed by atoms with van der Waals surface area (Å²) in [5.74, 6) is -1.22. The number of benzene rings is 1. The molecule has 0 spiro atoms. The SMILES string of the molecule is Cc1cccc(-c2noc(CS(=O)(=O)CC(=O)N(C)C)n2)c1. The van der Waals surface area contributed by atoms with Gasteiger partial charge in [-0.05, 0) is 13.0 Å². The lowest BCUT2D eigenvalue weighted by Gasteiger charge is -2.09. The first-order valence-corrected chi connectivity index (χ1v) is 8.39. The molecule has 0 N–H and O–H groups in total. The van der Waals surface area contributed by atoms with Crippen LogP contribution in [-0.4, -0.2) is 49.2 Å². The van der Waals surface area contributed by atoms with E-state index in [1.807, 2.05) is 31.2 Å². The van der Waals surface area contributed by atoms with Crippen LogP contribution in [0.3, 0.4) is 0 Å². The molecular weight excluding hydrogens is 306 g/mol. The van der Waals surface area contributed by atoms with Gasteiger partial charge >= 0.3 is 0 Å². The number of rotatable bonds is 5. The summed E-state index contributed by atoms with van der Waals surface area (Å²) >= 11 is 0. The van der Waals surface area contributed by atoms with Gasteiger partial charge in [-0.25, -0.2) is 8.42 Å². The first kappa shape index (κ1) is 16.2. The number of amides is 1. The van der Waals surface area contributed by atoms with Gasteiger partial charge in [0, 0.05) is 19.7 Å². The lowest BCUT2D eigenvalue weighted by atomic mass is 10.1. The van der Waals surface area contributed by atoms with E-state index >= 15 is 0 Å². The zero-order valence-electron chi connectivity index (χ0n) is 12.6. The van der Waals surface area contributed by atoms with E-state index in [2.05, 4.69) is 10.1 Å². The van der Waals surface area contributed by atoms with Crippen molar-refractivity contribution < 1.29 is 17.7 Å². The van der Waals surface area contributed by atoms with Crippen LogP contribution in [0.15, 0.2) is 28.8 Å². The molecule has 1 amide bonds. The van der Waals surface area contributed by atoms with E-state index in [4.69, 9.17) is 4.52 Å². The molecule has 1 aromatic carbocycles. The molecule has 0 radical (unpaired) electrons. The summed E-state index contributed by atoms with van der Waals surface area (Å²) in [6.07, 6.45) is 0. The van der Waals surface area contributed by atoms with Gasteiger partial charge in [0.2, 0.25) is 17.6 Å². The molecule has 0 atom stereocenters. The summed E-state index contributed by atoms with van der Waals surface area (Å²) in [5.41, 5.74) is 1.78. The molecule has 2 rings (SSSR count). The smallest absolute Gasteiger partial charge is 0.242 e. The van der Waals surface area contributed by atoms with Gasteiger partial charge in [-0.3, -0.25) is 4.79 Å². The Balaban J connectivity index is 2.14. The van der Waals surface area contributed by atoms with Crippen molar-refractivity contribution in [3.05, 3.63) is 35.7 Å². The second-order valence-electron chi connectivity index (χ2n) is 5.20. The zero-order valence-corrected chi connectivity index (χ0v) is 13.4. The molecule has 0 unspecified atom stereocenters. The molecule has 0 fully saturated rings. The number of nitrogens with zero attached hydrogens (tertiary/aromatic N) is 3. The molecule has 0 saturated carbocycles. The quantitative estimate of drug-likeness (QED) is 0.816. The topological polar surface area (TPSA) is 93.4 Å². The molecule has 2 aromatic rings. The molecule has 1 heterocycles. The van der Waals surface area contributed by atoms with Crippen LogP contribution in [0.1, 0.15) is 11.5 Å². The van der Waals surface area contributed by atoms with Crippen LogP contribution in [0.25, 0.3) is 11.4 Å². The maximum absolute atomic E-state index is 11.9. The standard InChI is InChI=1S/C14H17N3O4S/c1-10-5-4-6-11(7-10)14-15-12(21-16-14)8-22(19,20)9-13(18)17(2)3/h4-7H,8-9H2,1-3H3. The molecule has 22 heavy (non-hydrogen) atoms. The van der Waals surface area contributed by atoms with Crippen molar-refractivity contribution in [2.45, 2.75) is 12.7 Å². The van der Waals surface area contributed by atoms with Gasteiger partial charge in [0.15, 0.2) is 9.84 Å². The van der Waals surface area contributed by atoms with E-state index in [0.717, 1.165) is 11.1 Å². The Hall–Kier alpha value is -2.22. The normalized spacial score (nSPS) is 11.4. The Morgan fingerprint density at radius 2 is 2.05 bits per heavy atom. The molecule has 8 heteroatoms. The second kappa shape index (κ2) is 6.27. The van der Waals surface area contributed by atoms with Crippen LogP contribution in [0.5, 0.6) is 0 Å². The third-order valence-electron chi connectivity index (χ3n) is 2.93. The lowest BCUT2D eigenvalue weighted by Crippen LogP contribution is -2.29. The van der Waals surface area contributed by atoms with Crippen molar-refractivity contribution in [1.29, 1.82) is 0 Å². The second-order valence-corrected chi connectivity index (χ2v) is 7.27. The maximum atomic E-state index is 11.9. The van der Waals surface area contributed by atoms with Crippen LogP contribution >= 0.6 is 0 Å². The number of carbonyl (C=O) groups is 1. The number of aryl methyl sites for hydroxylation is 1. The monoisotopic (exact) mass is 323 g/mol. The summed E-state index contributed by atoms with van der Waals surface area (Å²) in [6, 6.07) is 7.47. The zero-order chi connectivity index (χ0) is 16.3. The summed E-state index contributed by atoms with van der Waals surface area (Å²) < 4.78 is 28.9. The number of hydrogen-bond acceptors (Lipinski definition) is 6. The van der Waals surface area contributed by atoms with Gasteiger partial charge in [-0.2, -0.15) is 4.98 Å². The number of aromatic nitrogens is 2. The Morgan fingerprint density at radius 3 is 2.68 bits per heavy atom. The van der Waals surface area contributed by atoms with Crippen LogP contribution in [0, 0.1) is 6.92 Å². The van der Waals surface area contributed by atoms with E-state index in [0.29, 0.717) is 5.82 Å². The molecule has 7 nitrogen and oxygen atoms in total. The molecule has 0 aliphatic rings. The van der Waals surface area contributed by atoms with Crippen molar-refractivity contribution in [1.82, 2.24) is 15.0 Å². The predicted molar refractivity (Wildman–Crippen MR) is 80.7 cm³/mol. The van der Waals surface area contributed by atoms with E-state index in [-0.39, 0.29) is 5.89 Å². The largest absolute Gasteiger partial charge is 0.348 e. The van der Waals surface area contributed by atoms with Crippen LogP contribution in [0.4, 0.5) is 0 Å². The summed E-state index contributed by atoms with van der Waals surface area (Å²) in [4.78, 5) is 16.8. The Labute approximate surface area is 128 Å². The van der Waals surface area contributed by atoms with Crippen molar-refractivity contribution in [3.8, 4) is 11.4 Å². The van der Waals surface area contributed by atoms with Crippen molar-refractivity contribution in [2.75, 3.05) is 19.8 Å². The molecule has 0 bridgehead atoms. The van der Waals surface area contributed by atoms with Gasteiger partial charge in [-0.15, -0.1) is 0 Å². The minimum absolute atomic E-state index is 0.0249. The Kier molecular flexibility index (Phi) is 4.60. The summed E-state index contributed by atoms with van der Waals surface area (Å²) in [5, 5.41) is 3.78. The van der Waals surface area contributed by atoms with Crippen LogP contribution < -0.4 is 0 Å². The molecular formula is C14H17N3O4S. The highest BCUT2D eigenvalue weighted by Crippen LogP contribution is 2.17. The van der Waals surface area contributed by atoms with Crippen molar-refractivity contribution >= 4 is 15.7 Å². The highest BCUT2D eigenvalue weighted by molar-refractivity contribution is 7.91.